The number of carbonyl (C=O) groups excluding carboxylic acids is 1. The van der Waals surface area contributed by atoms with Crippen LogP contribution < -0.4 is 10.6 Å². The van der Waals surface area contributed by atoms with Gasteiger partial charge in [-0.15, -0.1) is 0 Å². The van der Waals surface area contributed by atoms with Gasteiger partial charge in [0.15, 0.2) is 0 Å². The number of carbonyl (C=O) groups is 1. The van der Waals surface area contributed by atoms with E-state index in [1.165, 1.54) is 12.4 Å². The van der Waals surface area contributed by atoms with Crippen molar-refractivity contribution in [1.29, 1.82) is 0 Å². The van der Waals surface area contributed by atoms with Crippen LogP contribution in [0.3, 0.4) is 0 Å². The maximum absolute atomic E-state index is 12.4. The van der Waals surface area contributed by atoms with Crippen LogP contribution in [0.15, 0.2) is 54.9 Å². The van der Waals surface area contributed by atoms with E-state index in [0.29, 0.717) is 10.8 Å². The van der Waals surface area contributed by atoms with E-state index in [2.05, 4.69) is 20.6 Å². The van der Waals surface area contributed by atoms with Crippen molar-refractivity contribution in [1.82, 2.24) is 9.97 Å². The van der Waals surface area contributed by atoms with Gasteiger partial charge in [0.2, 0.25) is 0 Å². The Morgan fingerprint density at radius 3 is 2.58 bits per heavy atom. The summed E-state index contributed by atoms with van der Waals surface area (Å²) in [5.41, 5.74) is 4.01. The number of para-hydroxylation sites is 1. The minimum atomic E-state index is -0.285. The van der Waals surface area contributed by atoms with Crippen LogP contribution >= 0.6 is 11.6 Å². The molecule has 26 heavy (non-hydrogen) atoms. The van der Waals surface area contributed by atoms with E-state index in [-0.39, 0.29) is 11.6 Å². The molecule has 0 radical (unpaired) electrons. The number of hydrogen-bond acceptors (Lipinski definition) is 4. The molecule has 1 heterocycles. The molecule has 0 atom stereocenters. The van der Waals surface area contributed by atoms with Crippen LogP contribution in [-0.2, 0) is 6.42 Å². The van der Waals surface area contributed by atoms with Gasteiger partial charge in [-0.25, -0.2) is 9.97 Å². The van der Waals surface area contributed by atoms with E-state index in [0.717, 1.165) is 28.9 Å². The minimum Gasteiger partial charge on any atom is -0.339 e. The largest absolute Gasteiger partial charge is 0.339 e. The van der Waals surface area contributed by atoms with Crippen molar-refractivity contribution in [3.05, 3.63) is 76.7 Å². The molecule has 0 aliphatic heterocycles. The van der Waals surface area contributed by atoms with E-state index in [9.17, 15) is 4.79 Å². The summed E-state index contributed by atoms with van der Waals surface area (Å²) >= 11 is 5.96. The van der Waals surface area contributed by atoms with Gasteiger partial charge in [0, 0.05) is 16.4 Å². The minimum absolute atomic E-state index is 0.259. The van der Waals surface area contributed by atoms with E-state index in [4.69, 9.17) is 11.6 Å². The summed E-state index contributed by atoms with van der Waals surface area (Å²) in [6.45, 7) is 4.00. The fraction of sp³-hybridized carbons (Fsp3) is 0.150. The van der Waals surface area contributed by atoms with Crippen LogP contribution in [0.4, 0.5) is 17.2 Å². The Morgan fingerprint density at radius 1 is 1.08 bits per heavy atom. The molecular formula is C20H19ClN4O. The SMILES string of the molecule is CCc1ccccc1NC(=O)c1cnc(Nc2ccc(Cl)cc2C)cn1. The predicted molar refractivity (Wildman–Crippen MR) is 105 cm³/mol. The molecule has 0 aliphatic carbocycles. The molecule has 0 saturated heterocycles. The number of nitrogens with zero attached hydrogens (tertiary/aromatic N) is 2. The molecule has 0 bridgehead atoms. The summed E-state index contributed by atoms with van der Waals surface area (Å²) in [5, 5.41) is 6.73. The standard InChI is InChI=1S/C20H19ClN4O/c1-3-14-6-4-5-7-17(14)25-20(26)18-11-23-19(12-22-18)24-16-9-8-15(21)10-13(16)2/h4-12H,3H2,1-2H3,(H,23,24)(H,25,26). The number of aryl methyl sites for hydroxylation is 2. The number of halogens is 1. The van der Waals surface area contributed by atoms with Crippen molar-refractivity contribution >= 4 is 34.7 Å². The van der Waals surface area contributed by atoms with Gasteiger partial charge in [-0.2, -0.15) is 0 Å². The summed E-state index contributed by atoms with van der Waals surface area (Å²) < 4.78 is 0. The summed E-state index contributed by atoms with van der Waals surface area (Å²) in [6, 6.07) is 13.3. The van der Waals surface area contributed by atoms with Crippen molar-refractivity contribution in [2.24, 2.45) is 0 Å². The molecule has 0 saturated carbocycles. The molecule has 5 nitrogen and oxygen atoms in total. The van der Waals surface area contributed by atoms with Crippen LogP contribution in [0, 0.1) is 6.92 Å². The maximum atomic E-state index is 12.4. The lowest BCUT2D eigenvalue weighted by Gasteiger charge is -2.10. The van der Waals surface area contributed by atoms with Gasteiger partial charge < -0.3 is 10.6 Å². The van der Waals surface area contributed by atoms with Crippen molar-refractivity contribution in [2.75, 3.05) is 10.6 Å². The summed E-state index contributed by atoms with van der Waals surface area (Å²) in [6.07, 6.45) is 3.83. The van der Waals surface area contributed by atoms with Crippen LogP contribution in [0.5, 0.6) is 0 Å². The first-order valence-corrected chi connectivity index (χ1v) is 8.69. The molecule has 6 heteroatoms. The number of amides is 1. The second-order valence-corrected chi connectivity index (χ2v) is 6.27. The molecule has 3 aromatic rings. The van der Waals surface area contributed by atoms with Gasteiger partial charge in [-0.1, -0.05) is 36.7 Å². The predicted octanol–water partition coefficient (Wildman–Crippen LogP) is 5.00. The molecule has 2 aromatic carbocycles. The molecule has 0 aliphatic rings. The third-order valence-electron chi connectivity index (χ3n) is 3.98. The van der Waals surface area contributed by atoms with Gasteiger partial charge in [0.05, 0.1) is 12.4 Å². The summed E-state index contributed by atoms with van der Waals surface area (Å²) in [4.78, 5) is 20.9. The number of hydrogen-bond donors (Lipinski definition) is 2. The van der Waals surface area contributed by atoms with Crippen LogP contribution in [0.2, 0.25) is 5.02 Å². The second-order valence-electron chi connectivity index (χ2n) is 5.84. The van der Waals surface area contributed by atoms with Crippen molar-refractivity contribution in [2.45, 2.75) is 20.3 Å². The van der Waals surface area contributed by atoms with Crippen LogP contribution in [-0.4, -0.2) is 15.9 Å². The second kappa shape index (κ2) is 7.97. The summed E-state index contributed by atoms with van der Waals surface area (Å²) in [5.74, 6) is 0.272. The highest BCUT2D eigenvalue weighted by atomic mass is 35.5. The highest BCUT2D eigenvalue weighted by molar-refractivity contribution is 6.30. The first-order chi connectivity index (χ1) is 12.6. The number of benzene rings is 2. The molecule has 0 spiro atoms. The molecule has 1 amide bonds. The summed E-state index contributed by atoms with van der Waals surface area (Å²) in [7, 11) is 0. The zero-order chi connectivity index (χ0) is 18.5. The first kappa shape index (κ1) is 17.9. The third kappa shape index (κ3) is 4.18. The molecule has 1 aromatic heterocycles. The Kier molecular flexibility index (Phi) is 5.49. The third-order valence-corrected chi connectivity index (χ3v) is 4.22. The van der Waals surface area contributed by atoms with Crippen molar-refractivity contribution in [3.63, 3.8) is 0 Å². The smallest absolute Gasteiger partial charge is 0.275 e. The molecule has 0 fully saturated rings. The normalized spacial score (nSPS) is 10.4. The van der Waals surface area contributed by atoms with E-state index in [1.54, 1.807) is 6.07 Å². The number of aromatic nitrogens is 2. The van der Waals surface area contributed by atoms with Gasteiger partial charge in [0.25, 0.3) is 5.91 Å². The number of nitrogens with one attached hydrogen (secondary N) is 2. The van der Waals surface area contributed by atoms with E-state index < -0.39 is 0 Å². The van der Waals surface area contributed by atoms with Crippen molar-refractivity contribution in [3.8, 4) is 0 Å². The average Bonchev–Trinajstić information content (AvgIpc) is 2.65. The number of anilines is 3. The molecule has 3 rings (SSSR count). The molecule has 2 N–H and O–H groups in total. The molecule has 0 unspecified atom stereocenters. The molecular weight excluding hydrogens is 348 g/mol. The lowest BCUT2D eigenvalue weighted by Crippen LogP contribution is -2.15. The van der Waals surface area contributed by atoms with Gasteiger partial charge >= 0.3 is 0 Å². The first-order valence-electron chi connectivity index (χ1n) is 8.31. The highest BCUT2D eigenvalue weighted by Crippen LogP contribution is 2.22. The quantitative estimate of drug-likeness (QED) is 0.667. The van der Waals surface area contributed by atoms with E-state index in [1.807, 2.05) is 50.2 Å². The Labute approximate surface area is 157 Å². The fourth-order valence-electron chi connectivity index (χ4n) is 2.55. The van der Waals surface area contributed by atoms with Crippen LogP contribution in [0.25, 0.3) is 0 Å². The zero-order valence-electron chi connectivity index (χ0n) is 14.6. The molecule has 132 valence electrons. The lowest BCUT2D eigenvalue weighted by atomic mass is 10.1. The van der Waals surface area contributed by atoms with Gasteiger partial charge in [0.1, 0.15) is 11.5 Å². The fourth-order valence-corrected chi connectivity index (χ4v) is 2.78. The highest BCUT2D eigenvalue weighted by Gasteiger charge is 2.11. The Bertz CT molecular complexity index is 925. The average molecular weight is 367 g/mol. The van der Waals surface area contributed by atoms with Gasteiger partial charge in [-0.05, 0) is 48.7 Å². The van der Waals surface area contributed by atoms with E-state index >= 15 is 0 Å². The monoisotopic (exact) mass is 366 g/mol. The maximum Gasteiger partial charge on any atom is 0.275 e. The zero-order valence-corrected chi connectivity index (χ0v) is 15.3. The van der Waals surface area contributed by atoms with Gasteiger partial charge in [-0.3, -0.25) is 4.79 Å². The van der Waals surface area contributed by atoms with Crippen LogP contribution in [0.1, 0.15) is 28.5 Å². The Balaban J connectivity index is 1.71. The Morgan fingerprint density at radius 2 is 1.88 bits per heavy atom. The number of rotatable bonds is 5. The van der Waals surface area contributed by atoms with Crippen molar-refractivity contribution < 1.29 is 4.79 Å². The topological polar surface area (TPSA) is 66.9 Å². The lowest BCUT2D eigenvalue weighted by molar-refractivity contribution is 0.102. The Hall–Kier alpha value is -2.92.